The van der Waals surface area contributed by atoms with Crippen LogP contribution < -0.4 is 5.32 Å². The molecule has 1 aliphatic rings. The fourth-order valence-electron chi connectivity index (χ4n) is 2.40. The van der Waals surface area contributed by atoms with E-state index >= 15 is 0 Å². The second-order valence-electron chi connectivity index (χ2n) is 5.50. The summed E-state index contributed by atoms with van der Waals surface area (Å²) in [7, 11) is 0. The van der Waals surface area contributed by atoms with Crippen LogP contribution in [0, 0.1) is 0 Å². The van der Waals surface area contributed by atoms with E-state index in [9.17, 15) is 0 Å². The summed E-state index contributed by atoms with van der Waals surface area (Å²) in [5.41, 5.74) is 1.50. The molecule has 0 radical (unpaired) electrons. The lowest BCUT2D eigenvalue weighted by Crippen LogP contribution is -2.38. The molecule has 2 rings (SSSR count). The van der Waals surface area contributed by atoms with Crippen LogP contribution >= 0.6 is 0 Å². The number of hydrogen-bond donors (Lipinski definition) is 1. The third-order valence-electron chi connectivity index (χ3n) is 3.60. The van der Waals surface area contributed by atoms with E-state index in [1.807, 2.05) is 4.68 Å². The Morgan fingerprint density at radius 2 is 2.12 bits per heavy atom. The lowest BCUT2D eigenvalue weighted by atomic mass is 10.0. The van der Waals surface area contributed by atoms with Crippen LogP contribution in [0.25, 0.3) is 0 Å². The highest BCUT2D eigenvalue weighted by Crippen LogP contribution is 2.29. The van der Waals surface area contributed by atoms with Crippen molar-refractivity contribution in [3.05, 3.63) is 18.0 Å². The fraction of sp³-hybridized carbons (Fsp3) is 0.769. The first-order chi connectivity index (χ1) is 7.59. The van der Waals surface area contributed by atoms with Gasteiger partial charge in [0.2, 0.25) is 0 Å². The van der Waals surface area contributed by atoms with Crippen molar-refractivity contribution in [3.8, 4) is 0 Å². The summed E-state index contributed by atoms with van der Waals surface area (Å²) in [6.07, 6.45) is 7.41. The molecule has 0 aliphatic heterocycles. The monoisotopic (exact) mass is 221 g/mol. The van der Waals surface area contributed by atoms with Gasteiger partial charge in [-0.3, -0.25) is 4.68 Å². The zero-order valence-corrected chi connectivity index (χ0v) is 10.7. The fourth-order valence-corrected chi connectivity index (χ4v) is 2.40. The summed E-state index contributed by atoms with van der Waals surface area (Å²) < 4.78 is 2.02. The number of aromatic nitrogens is 2. The first kappa shape index (κ1) is 11.6. The van der Waals surface area contributed by atoms with E-state index in [1.165, 1.54) is 25.7 Å². The third kappa shape index (κ3) is 2.64. The SMILES string of the molecule is CC(C)n1ccc(CNC2(C)CCCC2)n1. The summed E-state index contributed by atoms with van der Waals surface area (Å²) in [4.78, 5) is 0. The summed E-state index contributed by atoms with van der Waals surface area (Å²) >= 11 is 0. The maximum atomic E-state index is 4.56. The molecular weight excluding hydrogens is 198 g/mol. The molecule has 3 nitrogen and oxygen atoms in total. The van der Waals surface area contributed by atoms with Gasteiger partial charge >= 0.3 is 0 Å². The van der Waals surface area contributed by atoms with Gasteiger partial charge in [-0.1, -0.05) is 12.8 Å². The number of nitrogens with zero attached hydrogens (tertiary/aromatic N) is 2. The van der Waals surface area contributed by atoms with Crippen LogP contribution in [0.15, 0.2) is 12.3 Å². The quantitative estimate of drug-likeness (QED) is 0.847. The van der Waals surface area contributed by atoms with Crippen molar-refractivity contribution in [1.29, 1.82) is 0 Å². The van der Waals surface area contributed by atoms with Gasteiger partial charge in [0.15, 0.2) is 0 Å². The number of nitrogens with one attached hydrogen (secondary N) is 1. The highest BCUT2D eigenvalue weighted by Gasteiger charge is 2.27. The average molecular weight is 221 g/mol. The summed E-state index contributed by atoms with van der Waals surface area (Å²) in [5.74, 6) is 0. The summed E-state index contributed by atoms with van der Waals surface area (Å²) in [6.45, 7) is 7.54. The van der Waals surface area contributed by atoms with Gasteiger partial charge in [-0.15, -0.1) is 0 Å². The Hall–Kier alpha value is -0.830. The molecule has 0 spiro atoms. The minimum atomic E-state index is 0.349. The van der Waals surface area contributed by atoms with Gasteiger partial charge in [-0.25, -0.2) is 0 Å². The largest absolute Gasteiger partial charge is 0.306 e. The standard InChI is InChI=1S/C13H23N3/c1-11(2)16-9-6-12(15-16)10-14-13(3)7-4-5-8-13/h6,9,11,14H,4-5,7-8,10H2,1-3H3. The van der Waals surface area contributed by atoms with E-state index in [1.54, 1.807) is 0 Å². The molecule has 1 aliphatic carbocycles. The van der Waals surface area contributed by atoms with Gasteiger partial charge in [-0.2, -0.15) is 5.10 Å². The summed E-state index contributed by atoms with van der Waals surface area (Å²) in [5, 5.41) is 8.21. The van der Waals surface area contributed by atoms with Crippen LogP contribution in [0.1, 0.15) is 58.2 Å². The van der Waals surface area contributed by atoms with E-state index in [-0.39, 0.29) is 0 Å². The Balaban J connectivity index is 1.89. The molecule has 3 heteroatoms. The molecule has 1 heterocycles. The molecule has 1 fully saturated rings. The first-order valence-electron chi connectivity index (χ1n) is 6.38. The Morgan fingerprint density at radius 1 is 1.44 bits per heavy atom. The summed E-state index contributed by atoms with van der Waals surface area (Å²) in [6, 6.07) is 2.57. The van der Waals surface area contributed by atoms with E-state index < -0.39 is 0 Å². The van der Waals surface area contributed by atoms with Crippen molar-refractivity contribution < 1.29 is 0 Å². The Bertz CT molecular complexity index is 335. The van der Waals surface area contributed by atoms with Crippen molar-refractivity contribution in [1.82, 2.24) is 15.1 Å². The predicted octanol–water partition coefficient (Wildman–Crippen LogP) is 2.89. The molecular formula is C13H23N3. The van der Waals surface area contributed by atoms with Gasteiger partial charge < -0.3 is 5.32 Å². The number of hydrogen-bond acceptors (Lipinski definition) is 2. The van der Waals surface area contributed by atoms with E-state index in [0.717, 1.165) is 12.2 Å². The zero-order valence-electron chi connectivity index (χ0n) is 10.7. The maximum absolute atomic E-state index is 4.56. The van der Waals surface area contributed by atoms with Crippen molar-refractivity contribution in [2.24, 2.45) is 0 Å². The highest BCUT2D eigenvalue weighted by molar-refractivity contribution is 5.01. The van der Waals surface area contributed by atoms with Gasteiger partial charge in [0.05, 0.1) is 5.69 Å². The Morgan fingerprint density at radius 3 is 2.69 bits per heavy atom. The van der Waals surface area contributed by atoms with Gasteiger partial charge in [0.25, 0.3) is 0 Å². The van der Waals surface area contributed by atoms with Crippen LogP contribution in [0.4, 0.5) is 0 Å². The minimum Gasteiger partial charge on any atom is -0.306 e. The van der Waals surface area contributed by atoms with Crippen LogP contribution in [0.2, 0.25) is 0 Å². The van der Waals surface area contributed by atoms with Gasteiger partial charge in [0, 0.05) is 24.3 Å². The lowest BCUT2D eigenvalue weighted by molar-refractivity contribution is 0.359. The van der Waals surface area contributed by atoms with Crippen molar-refractivity contribution >= 4 is 0 Å². The Labute approximate surface area is 98.2 Å². The normalized spacial score (nSPS) is 19.5. The van der Waals surface area contributed by atoms with Crippen LogP contribution in [0.3, 0.4) is 0 Å². The first-order valence-corrected chi connectivity index (χ1v) is 6.38. The van der Waals surface area contributed by atoms with E-state index in [2.05, 4.69) is 43.4 Å². The van der Waals surface area contributed by atoms with Crippen LogP contribution in [-0.4, -0.2) is 15.3 Å². The predicted molar refractivity (Wildman–Crippen MR) is 66.3 cm³/mol. The highest BCUT2D eigenvalue weighted by atomic mass is 15.3. The van der Waals surface area contributed by atoms with Crippen molar-refractivity contribution in [2.75, 3.05) is 0 Å². The third-order valence-corrected chi connectivity index (χ3v) is 3.60. The van der Waals surface area contributed by atoms with E-state index in [4.69, 9.17) is 0 Å². The molecule has 0 saturated heterocycles. The van der Waals surface area contributed by atoms with Crippen molar-refractivity contribution in [2.45, 2.75) is 64.6 Å². The van der Waals surface area contributed by atoms with Crippen molar-refractivity contribution in [3.63, 3.8) is 0 Å². The molecule has 1 aromatic rings. The molecule has 1 N–H and O–H groups in total. The molecule has 0 bridgehead atoms. The second-order valence-corrected chi connectivity index (χ2v) is 5.50. The maximum Gasteiger partial charge on any atom is 0.0762 e. The smallest absolute Gasteiger partial charge is 0.0762 e. The Kier molecular flexibility index (Phi) is 3.33. The topological polar surface area (TPSA) is 29.9 Å². The van der Waals surface area contributed by atoms with E-state index in [0.29, 0.717) is 11.6 Å². The van der Waals surface area contributed by atoms with Crippen LogP contribution in [0.5, 0.6) is 0 Å². The molecule has 0 atom stereocenters. The second kappa shape index (κ2) is 4.58. The zero-order chi connectivity index (χ0) is 11.6. The molecule has 0 aromatic carbocycles. The minimum absolute atomic E-state index is 0.349. The molecule has 90 valence electrons. The molecule has 1 saturated carbocycles. The number of rotatable bonds is 4. The lowest BCUT2D eigenvalue weighted by Gasteiger charge is -2.24. The van der Waals surface area contributed by atoms with Gasteiger partial charge in [0.1, 0.15) is 0 Å². The molecule has 1 aromatic heterocycles. The average Bonchev–Trinajstić information content (AvgIpc) is 2.84. The molecule has 0 amide bonds. The molecule has 16 heavy (non-hydrogen) atoms. The molecule has 0 unspecified atom stereocenters. The van der Waals surface area contributed by atoms with Crippen LogP contribution in [-0.2, 0) is 6.54 Å². The van der Waals surface area contributed by atoms with Gasteiger partial charge in [-0.05, 0) is 39.7 Å².